The number of ketones is 1. The Labute approximate surface area is 121 Å². The summed E-state index contributed by atoms with van der Waals surface area (Å²) in [4.78, 5) is 12.9. The number of hydrogen-bond acceptors (Lipinski definition) is 2. The minimum atomic E-state index is -0.155. The first-order valence-corrected chi connectivity index (χ1v) is 8.06. The topological polar surface area (TPSA) is 43.1 Å². The van der Waals surface area contributed by atoms with E-state index in [1.54, 1.807) is 0 Å². The van der Waals surface area contributed by atoms with Gasteiger partial charge in [0.25, 0.3) is 0 Å². The molecule has 0 aromatic heterocycles. The molecule has 0 atom stereocenters. The van der Waals surface area contributed by atoms with Gasteiger partial charge in [0.2, 0.25) is 0 Å². The van der Waals surface area contributed by atoms with Crippen molar-refractivity contribution in [1.82, 2.24) is 0 Å². The Morgan fingerprint density at radius 1 is 1.15 bits per heavy atom. The second kappa shape index (κ2) is 5.23. The zero-order chi connectivity index (χ0) is 14.2. The molecule has 0 unspecified atom stereocenters. The Hall–Kier alpha value is -1.31. The van der Waals surface area contributed by atoms with Crippen LogP contribution in [-0.4, -0.2) is 5.78 Å². The number of rotatable bonds is 4. The van der Waals surface area contributed by atoms with Gasteiger partial charge >= 0.3 is 0 Å². The van der Waals surface area contributed by atoms with Crippen molar-refractivity contribution in [3.63, 3.8) is 0 Å². The zero-order valence-electron chi connectivity index (χ0n) is 12.4. The summed E-state index contributed by atoms with van der Waals surface area (Å²) in [5.41, 5.74) is 7.57. The smallest absolute Gasteiger partial charge is 0.146 e. The molecule has 0 aliphatic heterocycles. The first-order valence-electron chi connectivity index (χ1n) is 8.06. The van der Waals surface area contributed by atoms with Crippen molar-refractivity contribution in [2.45, 2.75) is 57.3 Å². The fourth-order valence-electron chi connectivity index (χ4n) is 3.83. The van der Waals surface area contributed by atoms with E-state index in [1.165, 1.54) is 24.8 Å². The van der Waals surface area contributed by atoms with Crippen molar-refractivity contribution in [2.24, 2.45) is 11.8 Å². The van der Waals surface area contributed by atoms with Crippen molar-refractivity contribution in [2.75, 3.05) is 5.73 Å². The molecule has 1 aromatic carbocycles. The van der Waals surface area contributed by atoms with Crippen LogP contribution < -0.4 is 5.73 Å². The number of Topliss-reactive ketones (excluding diaryl/α,β-unsaturated/α-hetero) is 1. The van der Waals surface area contributed by atoms with Gasteiger partial charge in [0, 0.05) is 11.6 Å². The Balaban J connectivity index is 1.72. The molecule has 2 nitrogen and oxygen atoms in total. The van der Waals surface area contributed by atoms with E-state index in [9.17, 15) is 4.79 Å². The van der Waals surface area contributed by atoms with Crippen molar-refractivity contribution < 1.29 is 4.79 Å². The van der Waals surface area contributed by atoms with Crippen LogP contribution in [0.25, 0.3) is 0 Å². The Morgan fingerprint density at radius 3 is 2.25 bits per heavy atom. The van der Waals surface area contributed by atoms with Crippen molar-refractivity contribution in [1.29, 1.82) is 0 Å². The van der Waals surface area contributed by atoms with E-state index in [2.05, 4.69) is 19.1 Å². The summed E-state index contributed by atoms with van der Waals surface area (Å²) >= 11 is 0. The fourth-order valence-corrected chi connectivity index (χ4v) is 3.83. The molecule has 2 aliphatic carbocycles. The largest absolute Gasteiger partial charge is 0.399 e. The first kappa shape index (κ1) is 13.7. The second-order valence-corrected chi connectivity index (χ2v) is 6.69. The molecule has 0 heterocycles. The molecule has 0 saturated heterocycles. The molecule has 3 rings (SSSR count). The SMILES string of the molecule is CCC1CCC(C(=O)C2(c3ccc(N)cc3)CC2)CC1. The fraction of sp³-hybridized carbons (Fsp3) is 0.611. The summed E-state index contributed by atoms with van der Waals surface area (Å²) in [5.74, 6) is 1.67. The van der Waals surface area contributed by atoms with Crippen LogP contribution in [0.2, 0.25) is 0 Å². The molecule has 0 bridgehead atoms. The lowest BCUT2D eigenvalue weighted by molar-refractivity contribution is -0.126. The van der Waals surface area contributed by atoms with Gasteiger partial charge < -0.3 is 5.73 Å². The number of hydrogen-bond donors (Lipinski definition) is 1. The summed E-state index contributed by atoms with van der Waals surface area (Å²) < 4.78 is 0. The molecule has 108 valence electrons. The van der Waals surface area contributed by atoms with Gasteiger partial charge in [-0.2, -0.15) is 0 Å². The van der Waals surface area contributed by atoms with Crippen LogP contribution >= 0.6 is 0 Å². The highest BCUT2D eigenvalue weighted by Crippen LogP contribution is 2.52. The number of carbonyl (C=O) groups excluding carboxylic acids is 1. The van der Waals surface area contributed by atoms with Gasteiger partial charge in [-0.3, -0.25) is 4.79 Å². The third kappa shape index (κ3) is 2.36. The van der Waals surface area contributed by atoms with Crippen molar-refractivity contribution in [3.8, 4) is 0 Å². The van der Waals surface area contributed by atoms with E-state index >= 15 is 0 Å². The highest BCUT2D eigenvalue weighted by molar-refractivity contribution is 5.95. The van der Waals surface area contributed by atoms with Gasteiger partial charge in [-0.1, -0.05) is 25.5 Å². The van der Waals surface area contributed by atoms with Gasteiger partial charge in [-0.15, -0.1) is 0 Å². The minimum absolute atomic E-state index is 0.155. The van der Waals surface area contributed by atoms with Crippen molar-refractivity contribution in [3.05, 3.63) is 29.8 Å². The van der Waals surface area contributed by atoms with Crippen molar-refractivity contribution >= 4 is 11.5 Å². The maximum Gasteiger partial charge on any atom is 0.146 e. The third-order valence-corrected chi connectivity index (χ3v) is 5.48. The van der Waals surface area contributed by atoms with E-state index in [4.69, 9.17) is 5.73 Å². The lowest BCUT2D eigenvalue weighted by Gasteiger charge is -2.29. The minimum Gasteiger partial charge on any atom is -0.399 e. The second-order valence-electron chi connectivity index (χ2n) is 6.69. The number of nitrogen functional groups attached to an aromatic ring is 1. The lowest BCUT2D eigenvalue weighted by atomic mass is 9.74. The van der Waals surface area contributed by atoms with E-state index < -0.39 is 0 Å². The molecule has 2 N–H and O–H groups in total. The highest BCUT2D eigenvalue weighted by Gasteiger charge is 2.52. The molecule has 2 heteroatoms. The van der Waals surface area contributed by atoms with E-state index in [1.807, 2.05) is 12.1 Å². The zero-order valence-corrected chi connectivity index (χ0v) is 12.4. The maximum atomic E-state index is 12.9. The molecule has 2 aliphatic rings. The quantitative estimate of drug-likeness (QED) is 0.838. The summed E-state index contributed by atoms with van der Waals surface area (Å²) in [6.07, 6.45) is 8.02. The molecule has 0 radical (unpaired) electrons. The molecule has 20 heavy (non-hydrogen) atoms. The molecular weight excluding hydrogens is 246 g/mol. The van der Waals surface area contributed by atoms with Crippen LogP contribution in [-0.2, 0) is 10.2 Å². The van der Waals surface area contributed by atoms with Crippen LogP contribution in [0.4, 0.5) is 5.69 Å². The first-order chi connectivity index (χ1) is 9.65. The number of anilines is 1. The van der Waals surface area contributed by atoms with Gasteiger partial charge in [0.05, 0.1) is 5.41 Å². The van der Waals surface area contributed by atoms with Crippen LogP contribution in [0.15, 0.2) is 24.3 Å². The molecule has 0 spiro atoms. The van der Waals surface area contributed by atoms with Gasteiger partial charge in [0.15, 0.2) is 0 Å². The van der Waals surface area contributed by atoms with Crippen LogP contribution in [0.3, 0.4) is 0 Å². The number of carbonyl (C=O) groups is 1. The van der Waals surface area contributed by atoms with E-state index in [0.717, 1.165) is 37.3 Å². The van der Waals surface area contributed by atoms with Gasteiger partial charge in [-0.25, -0.2) is 0 Å². The predicted molar refractivity (Wildman–Crippen MR) is 82.5 cm³/mol. The van der Waals surface area contributed by atoms with Gasteiger partial charge in [0.1, 0.15) is 5.78 Å². The van der Waals surface area contributed by atoms with E-state index in [-0.39, 0.29) is 5.41 Å². The summed E-state index contributed by atoms with van der Waals surface area (Å²) in [6, 6.07) is 7.96. The van der Waals surface area contributed by atoms with Crippen LogP contribution in [0.5, 0.6) is 0 Å². The molecule has 1 aromatic rings. The third-order valence-electron chi connectivity index (χ3n) is 5.48. The summed E-state index contributed by atoms with van der Waals surface area (Å²) in [7, 11) is 0. The predicted octanol–water partition coefficient (Wildman–Crippen LogP) is 4.09. The normalized spacial score (nSPS) is 28.1. The molecule has 2 fully saturated rings. The van der Waals surface area contributed by atoms with Crippen LogP contribution in [0.1, 0.15) is 57.4 Å². The van der Waals surface area contributed by atoms with Gasteiger partial charge in [-0.05, 0) is 62.1 Å². The standard InChI is InChI=1S/C18H25NO/c1-2-13-3-5-14(6-4-13)17(20)18(11-12-18)15-7-9-16(19)10-8-15/h7-10,13-14H,2-6,11-12,19H2,1H3. The average molecular weight is 271 g/mol. The Kier molecular flexibility index (Phi) is 3.57. The molecule has 2 saturated carbocycles. The Bertz CT molecular complexity index is 479. The lowest BCUT2D eigenvalue weighted by Crippen LogP contribution is -2.31. The Morgan fingerprint density at radius 2 is 1.75 bits per heavy atom. The maximum absolute atomic E-state index is 12.9. The number of nitrogens with two attached hydrogens (primary N) is 1. The average Bonchev–Trinajstić information content (AvgIpc) is 3.29. The summed E-state index contributed by atoms with van der Waals surface area (Å²) in [6.45, 7) is 2.27. The monoisotopic (exact) mass is 271 g/mol. The molecular formula is C18H25NO. The molecule has 0 amide bonds. The van der Waals surface area contributed by atoms with Crippen LogP contribution in [0, 0.1) is 11.8 Å². The number of benzene rings is 1. The highest BCUT2D eigenvalue weighted by atomic mass is 16.1. The van der Waals surface area contributed by atoms with E-state index in [0.29, 0.717) is 11.7 Å². The summed E-state index contributed by atoms with van der Waals surface area (Å²) in [5, 5.41) is 0.